The van der Waals surface area contributed by atoms with Gasteiger partial charge in [-0.1, -0.05) is 55.0 Å². The summed E-state index contributed by atoms with van der Waals surface area (Å²) in [6.45, 7) is 0.955. The lowest BCUT2D eigenvalue weighted by molar-refractivity contribution is -0.122. The molecule has 0 bridgehead atoms. The number of para-hydroxylation sites is 1. The molecule has 0 aromatic heterocycles. The van der Waals surface area contributed by atoms with Gasteiger partial charge in [0, 0.05) is 18.0 Å². The quantitative estimate of drug-likeness (QED) is 0.761. The maximum absolute atomic E-state index is 12.0. The Balaban J connectivity index is 1.47. The zero-order chi connectivity index (χ0) is 17.5. The minimum Gasteiger partial charge on any atom is -0.491 e. The molecule has 0 saturated heterocycles. The summed E-state index contributed by atoms with van der Waals surface area (Å²) in [7, 11) is 0. The first kappa shape index (κ1) is 17.5. The van der Waals surface area contributed by atoms with E-state index in [1.165, 1.54) is 0 Å². The van der Waals surface area contributed by atoms with Crippen molar-refractivity contribution in [2.75, 3.05) is 13.2 Å². The van der Waals surface area contributed by atoms with Gasteiger partial charge < -0.3 is 15.8 Å². The third kappa shape index (κ3) is 4.83. The van der Waals surface area contributed by atoms with Gasteiger partial charge in [-0.15, -0.1) is 0 Å². The summed E-state index contributed by atoms with van der Waals surface area (Å²) in [4.78, 5) is 12.0. The first-order valence-electron chi connectivity index (χ1n) is 9.03. The van der Waals surface area contributed by atoms with Gasteiger partial charge in [0.15, 0.2) is 0 Å². The molecule has 3 rings (SSSR count). The molecule has 2 aromatic carbocycles. The molecule has 0 spiro atoms. The van der Waals surface area contributed by atoms with Crippen LogP contribution in [0.1, 0.15) is 25.7 Å². The predicted molar refractivity (Wildman–Crippen MR) is 100 cm³/mol. The van der Waals surface area contributed by atoms with Crippen LogP contribution in [-0.2, 0) is 4.79 Å². The molecular formula is C21H26N2O2. The van der Waals surface area contributed by atoms with E-state index in [1.807, 2.05) is 42.5 Å². The van der Waals surface area contributed by atoms with E-state index in [9.17, 15) is 4.79 Å². The van der Waals surface area contributed by atoms with Crippen LogP contribution >= 0.6 is 0 Å². The highest BCUT2D eigenvalue weighted by atomic mass is 16.5. The number of nitrogens with two attached hydrogens (primary N) is 1. The molecule has 0 unspecified atom stereocenters. The second-order valence-corrected chi connectivity index (χ2v) is 6.62. The molecule has 2 aromatic rings. The fourth-order valence-electron chi connectivity index (χ4n) is 3.43. The molecule has 0 heterocycles. The van der Waals surface area contributed by atoms with Gasteiger partial charge in [0.1, 0.15) is 12.4 Å². The highest BCUT2D eigenvalue weighted by Gasteiger charge is 2.25. The molecule has 4 heteroatoms. The Labute approximate surface area is 149 Å². The molecule has 1 amide bonds. The van der Waals surface area contributed by atoms with E-state index in [-0.39, 0.29) is 11.9 Å². The summed E-state index contributed by atoms with van der Waals surface area (Å²) in [5.41, 5.74) is 8.21. The van der Waals surface area contributed by atoms with Gasteiger partial charge in [-0.05, 0) is 30.4 Å². The topological polar surface area (TPSA) is 64.4 Å². The van der Waals surface area contributed by atoms with Crippen molar-refractivity contribution >= 4 is 5.91 Å². The van der Waals surface area contributed by atoms with Gasteiger partial charge in [0.25, 0.3) is 0 Å². The summed E-state index contributed by atoms with van der Waals surface area (Å²) in [5, 5.41) is 2.94. The van der Waals surface area contributed by atoms with Crippen molar-refractivity contribution in [2.24, 2.45) is 11.7 Å². The minimum atomic E-state index is 0.0716. The predicted octanol–water partition coefficient (Wildman–Crippen LogP) is 3.37. The lowest BCUT2D eigenvalue weighted by atomic mass is 10.00. The molecule has 3 N–H and O–H groups in total. The third-order valence-corrected chi connectivity index (χ3v) is 4.82. The Morgan fingerprint density at radius 2 is 1.84 bits per heavy atom. The van der Waals surface area contributed by atoms with E-state index in [0.717, 1.165) is 36.1 Å². The molecular weight excluding hydrogens is 312 g/mol. The van der Waals surface area contributed by atoms with Crippen molar-refractivity contribution in [1.29, 1.82) is 0 Å². The van der Waals surface area contributed by atoms with Gasteiger partial charge in [-0.3, -0.25) is 4.79 Å². The van der Waals surface area contributed by atoms with Crippen molar-refractivity contribution in [3.05, 3.63) is 54.6 Å². The number of carbonyl (C=O) groups is 1. The second-order valence-electron chi connectivity index (χ2n) is 6.62. The Morgan fingerprint density at radius 3 is 2.60 bits per heavy atom. The number of hydrogen-bond donors (Lipinski definition) is 2. The van der Waals surface area contributed by atoms with Crippen LogP contribution in [0.4, 0.5) is 0 Å². The Kier molecular flexibility index (Phi) is 6.07. The van der Waals surface area contributed by atoms with Crippen LogP contribution in [0.2, 0.25) is 0 Å². The van der Waals surface area contributed by atoms with Crippen molar-refractivity contribution in [2.45, 2.75) is 31.7 Å². The van der Waals surface area contributed by atoms with Gasteiger partial charge in [0.2, 0.25) is 5.91 Å². The number of amides is 1. The van der Waals surface area contributed by atoms with Crippen molar-refractivity contribution < 1.29 is 9.53 Å². The maximum Gasteiger partial charge on any atom is 0.220 e. The van der Waals surface area contributed by atoms with E-state index in [0.29, 0.717) is 25.5 Å². The first-order valence-corrected chi connectivity index (χ1v) is 9.03. The smallest absolute Gasteiger partial charge is 0.220 e. The van der Waals surface area contributed by atoms with Crippen LogP contribution in [0.5, 0.6) is 5.75 Å². The number of rotatable bonds is 7. The number of nitrogens with one attached hydrogen (secondary N) is 1. The zero-order valence-corrected chi connectivity index (χ0v) is 14.5. The molecule has 4 nitrogen and oxygen atoms in total. The number of hydrogen-bond acceptors (Lipinski definition) is 3. The largest absolute Gasteiger partial charge is 0.491 e. The standard InChI is InChI=1S/C21H26N2O2/c22-19-11-6-9-17(19)15-21(24)23-13-14-25-20-12-5-4-10-18(20)16-7-2-1-3-8-16/h1-5,7-8,10,12,17,19H,6,9,11,13-15,22H2,(H,23,24)/t17-,19+/m0/s1. The molecule has 2 atom stereocenters. The summed E-state index contributed by atoms with van der Waals surface area (Å²) < 4.78 is 5.89. The zero-order valence-electron chi connectivity index (χ0n) is 14.5. The average Bonchev–Trinajstić information content (AvgIpc) is 3.04. The average molecular weight is 338 g/mol. The van der Waals surface area contributed by atoms with Crippen LogP contribution in [0.25, 0.3) is 11.1 Å². The molecule has 1 aliphatic rings. The normalized spacial score (nSPS) is 19.6. The molecule has 1 fully saturated rings. The lowest BCUT2D eigenvalue weighted by Crippen LogP contribution is -2.33. The summed E-state index contributed by atoms with van der Waals surface area (Å²) in [6, 6.07) is 18.3. The van der Waals surface area contributed by atoms with Crippen molar-refractivity contribution in [3.8, 4) is 16.9 Å². The Bertz CT molecular complexity index is 687. The lowest BCUT2D eigenvalue weighted by Gasteiger charge is -2.15. The summed E-state index contributed by atoms with van der Waals surface area (Å²) in [6.07, 6.45) is 3.77. The Hall–Kier alpha value is -2.33. The molecule has 0 radical (unpaired) electrons. The fraction of sp³-hybridized carbons (Fsp3) is 0.381. The van der Waals surface area contributed by atoms with Gasteiger partial charge >= 0.3 is 0 Å². The minimum absolute atomic E-state index is 0.0716. The van der Waals surface area contributed by atoms with Crippen LogP contribution in [0.3, 0.4) is 0 Å². The van der Waals surface area contributed by atoms with Crippen molar-refractivity contribution in [3.63, 3.8) is 0 Å². The van der Waals surface area contributed by atoms with E-state index in [4.69, 9.17) is 10.5 Å². The van der Waals surface area contributed by atoms with E-state index in [1.54, 1.807) is 0 Å². The van der Waals surface area contributed by atoms with Crippen LogP contribution in [-0.4, -0.2) is 25.1 Å². The highest BCUT2D eigenvalue weighted by Crippen LogP contribution is 2.29. The van der Waals surface area contributed by atoms with Gasteiger partial charge in [0.05, 0.1) is 6.54 Å². The third-order valence-electron chi connectivity index (χ3n) is 4.82. The van der Waals surface area contributed by atoms with E-state index >= 15 is 0 Å². The second kappa shape index (κ2) is 8.67. The number of carbonyl (C=O) groups excluding carboxylic acids is 1. The maximum atomic E-state index is 12.0. The number of ether oxygens (including phenoxy) is 1. The molecule has 1 saturated carbocycles. The Morgan fingerprint density at radius 1 is 1.08 bits per heavy atom. The fourth-order valence-corrected chi connectivity index (χ4v) is 3.43. The molecule has 1 aliphatic carbocycles. The summed E-state index contributed by atoms with van der Waals surface area (Å²) in [5.74, 6) is 1.24. The number of benzene rings is 2. The highest BCUT2D eigenvalue weighted by molar-refractivity contribution is 5.76. The first-order chi connectivity index (χ1) is 12.2. The monoisotopic (exact) mass is 338 g/mol. The van der Waals surface area contributed by atoms with E-state index in [2.05, 4.69) is 17.4 Å². The van der Waals surface area contributed by atoms with Crippen LogP contribution in [0.15, 0.2) is 54.6 Å². The van der Waals surface area contributed by atoms with Crippen LogP contribution in [0, 0.1) is 5.92 Å². The van der Waals surface area contributed by atoms with Crippen LogP contribution < -0.4 is 15.8 Å². The molecule has 25 heavy (non-hydrogen) atoms. The summed E-state index contributed by atoms with van der Waals surface area (Å²) >= 11 is 0. The van der Waals surface area contributed by atoms with Crippen molar-refractivity contribution in [1.82, 2.24) is 5.32 Å². The SMILES string of the molecule is N[C@@H]1CCC[C@H]1CC(=O)NCCOc1ccccc1-c1ccccc1. The van der Waals surface area contributed by atoms with E-state index < -0.39 is 0 Å². The van der Waals surface area contributed by atoms with Gasteiger partial charge in [-0.25, -0.2) is 0 Å². The van der Waals surface area contributed by atoms with Gasteiger partial charge in [-0.2, -0.15) is 0 Å². The molecule has 0 aliphatic heterocycles. The molecule has 132 valence electrons.